The summed E-state index contributed by atoms with van der Waals surface area (Å²) in [5.74, 6) is 0. The van der Waals surface area contributed by atoms with Gasteiger partial charge in [-0.25, -0.2) is 0 Å². The van der Waals surface area contributed by atoms with E-state index in [1.54, 1.807) is 0 Å². The fraction of sp³-hybridized carbons (Fsp3) is 0. The topological polar surface area (TPSA) is 0 Å². The molecule has 52 valence electrons. The van der Waals surface area contributed by atoms with E-state index in [0.29, 0.717) is 0 Å². The van der Waals surface area contributed by atoms with E-state index in [1.807, 2.05) is 24.3 Å². The van der Waals surface area contributed by atoms with Crippen LogP contribution in [0.1, 0.15) is 5.56 Å². The van der Waals surface area contributed by atoms with Gasteiger partial charge in [0.1, 0.15) is 0 Å². The molecule has 0 fully saturated rings. The first-order chi connectivity index (χ1) is 4.70. The second-order valence-electron chi connectivity index (χ2n) is 1.92. The lowest BCUT2D eigenvalue weighted by Gasteiger charge is -1.96. The van der Waals surface area contributed by atoms with Crippen LogP contribution in [0.5, 0.6) is 0 Å². The van der Waals surface area contributed by atoms with Crippen LogP contribution in [-0.4, -0.2) is 0 Å². The van der Waals surface area contributed by atoms with Crippen molar-refractivity contribution in [1.29, 1.82) is 0 Å². The van der Waals surface area contributed by atoms with Crippen molar-refractivity contribution in [3.63, 3.8) is 0 Å². The molecular weight excluding hydrogens is 211 g/mol. The van der Waals surface area contributed by atoms with Gasteiger partial charge in [-0.3, -0.25) is 0 Å². The molecule has 1 aromatic carbocycles. The third-order valence-electron chi connectivity index (χ3n) is 1.14. The molecule has 1 rings (SSSR count). The minimum atomic E-state index is 0.734. The maximum absolute atomic E-state index is 5.73. The molecular formula is C8H6BrCl. The van der Waals surface area contributed by atoms with Crippen molar-refractivity contribution in [2.45, 2.75) is 0 Å². The van der Waals surface area contributed by atoms with Gasteiger partial charge >= 0.3 is 0 Å². The normalized spacial score (nSPS) is 9.40. The van der Waals surface area contributed by atoms with Crippen LogP contribution in [0, 0.1) is 0 Å². The van der Waals surface area contributed by atoms with Crippen LogP contribution in [0.3, 0.4) is 0 Å². The summed E-state index contributed by atoms with van der Waals surface area (Å²) in [4.78, 5) is 0. The van der Waals surface area contributed by atoms with Gasteiger partial charge < -0.3 is 0 Å². The molecule has 0 unspecified atom stereocenters. The molecule has 0 saturated carbocycles. The second-order valence-corrected chi connectivity index (χ2v) is 3.31. The van der Waals surface area contributed by atoms with E-state index < -0.39 is 0 Å². The molecule has 0 bridgehead atoms. The summed E-state index contributed by atoms with van der Waals surface area (Å²) >= 11 is 8.99. The van der Waals surface area contributed by atoms with Gasteiger partial charge in [0, 0.05) is 9.51 Å². The Morgan fingerprint density at radius 3 is 2.60 bits per heavy atom. The zero-order valence-corrected chi connectivity index (χ0v) is 7.61. The van der Waals surface area contributed by atoms with Crippen LogP contribution in [0.15, 0.2) is 30.8 Å². The molecule has 0 N–H and O–H groups in total. The van der Waals surface area contributed by atoms with Crippen LogP contribution in [-0.2, 0) is 0 Å². The lowest BCUT2D eigenvalue weighted by Crippen LogP contribution is -1.72. The summed E-state index contributed by atoms with van der Waals surface area (Å²) in [6, 6.07) is 7.53. The number of hydrogen-bond donors (Lipinski definition) is 0. The average Bonchev–Trinajstić information content (AvgIpc) is 1.88. The molecule has 0 nitrogen and oxygen atoms in total. The van der Waals surface area contributed by atoms with Gasteiger partial charge in [-0.1, -0.05) is 46.2 Å². The van der Waals surface area contributed by atoms with Gasteiger partial charge in [-0.05, 0) is 17.7 Å². The zero-order chi connectivity index (χ0) is 7.56. The molecule has 0 aliphatic carbocycles. The minimum absolute atomic E-state index is 0.734. The molecule has 0 saturated heterocycles. The number of rotatable bonds is 1. The van der Waals surface area contributed by atoms with E-state index in [4.69, 9.17) is 11.6 Å². The first-order valence-corrected chi connectivity index (χ1v) is 3.97. The summed E-state index contributed by atoms with van der Waals surface area (Å²) in [5.41, 5.74) is 1.02. The predicted octanol–water partition coefficient (Wildman–Crippen LogP) is 3.71. The molecule has 0 heterocycles. The van der Waals surface area contributed by atoms with E-state index >= 15 is 0 Å². The van der Waals surface area contributed by atoms with Crippen LogP contribution in [0.4, 0.5) is 0 Å². The van der Waals surface area contributed by atoms with Crippen molar-refractivity contribution in [1.82, 2.24) is 0 Å². The summed E-state index contributed by atoms with van der Waals surface area (Å²) in [6.45, 7) is 3.72. The van der Waals surface area contributed by atoms with Crippen molar-refractivity contribution in [3.05, 3.63) is 41.4 Å². The molecule has 0 atom stereocenters. The predicted molar refractivity (Wildman–Crippen MR) is 49.4 cm³/mol. The van der Waals surface area contributed by atoms with Crippen LogP contribution in [0.25, 0.3) is 4.48 Å². The van der Waals surface area contributed by atoms with Crippen molar-refractivity contribution >= 4 is 32.0 Å². The Hall–Kier alpha value is -0.270. The summed E-state index contributed by atoms with van der Waals surface area (Å²) in [5, 5.41) is 0.734. The summed E-state index contributed by atoms with van der Waals surface area (Å²) in [7, 11) is 0. The molecule has 0 amide bonds. The Morgan fingerprint density at radius 2 is 2.20 bits per heavy atom. The highest BCUT2D eigenvalue weighted by molar-refractivity contribution is 9.15. The maximum Gasteiger partial charge on any atom is 0.0412 e. The number of benzene rings is 1. The van der Waals surface area contributed by atoms with Crippen molar-refractivity contribution in [2.24, 2.45) is 0 Å². The SMILES string of the molecule is C=C(Br)c1cccc(Cl)c1. The molecule has 0 aliphatic heterocycles. The van der Waals surface area contributed by atoms with Gasteiger partial charge in [0.05, 0.1) is 0 Å². The largest absolute Gasteiger partial charge is 0.0843 e. The second kappa shape index (κ2) is 3.22. The van der Waals surface area contributed by atoms with Crippen molar-refractivity contribution in [3.8, 4) is 0 Å². The van der Waals surface area contributed by atoms with Crippen LogP contribution < -0.4 is 0 Å². The zero-order valence-electron chi connectivity index (χ0n) is 5.27. The summed E-state index contributed by atoms with van der Waals surface area (Å²) < 4.78 is 0.856. The first-order valence-electron chi connectivity index (χ1n) is 2.80. The Balaban J connectivity index is 3.07. The fourth-order valence-corrected chi connectivity index (χ4v) is 1.09. The Labute approximate surface area is 73.6 Å². The highest BCUT2D eigenvalue weighted by Gasteiger charge is 1.93. The first kappa shape index (κ1) is 7.83. The van der Waals surface area contributed by atoms with E-state index in [9.17, 15) is 0 Å². The average molecular weight is 217 g/mol. The van der Waals surface area contributed by atoms with Gasteiger partial charge in [0.2, 0.25) is 0 Å². The van der Waals surface area contributed by atoms with Crippen molar-refractivity contribution in [2.75, 3.05) is 0 Å². The van der Waals surface area contributed by atoms with Crippen molar-refractivity contribution < 1.29 is 0 Å². The van der Waals surface area contributed by atoms with E-state index in [1.165, 1.54) is 0 Å². The third-order valence-corrected chi connectivity index (χ3v) is 1.83. The number of hydrogen-bond acceptors (Lipinski definition) is 0. The molecule has 1 aromatic rings. The standard InChI is InChI=1S/C8H6BrCl/c1-6(9)7-3-2-4-8(10)5-7/h2-5H,1H2. The molecule has 0 aromatic heterocycles. The van der Waals surface area contributed by atoms with Crippen LogP contribution in [0.2, 0.25) is 5.02 Å². The smallest absolute Gasteiger partial charge is 0.0412 e. The van der Waals surface area contributed by atoms with Gasteiger partial charge in [-0.15, -0.1) is 0 Å². The Morgan fingerprint density at radius 1 is 1.50 bits per heavy atom. The maximum atomic E-state index is 5.73. The lowest BCUT2D eigenvalue weighted by molar-refractivity contribution is 1.66. The van der Waals surface area contributed by atoms with E-state index in [0.717, 1.165) is 15.1 Å². The van der Waals surface area contributed by atoms with E-state index in [-0.39, 0.29) is 0 Å². The molecule has 0 spiro atoms. The quantitative estimate of drug-likeness (QED) is 0.673. The van der Waals surface area contributed by atoms with Gasteiger partial charge in [0.25, 0.3) is 0 Å². The minimum Gasteiger partial charge on any atom is -0.0843 e. The monoisotopic (exact) mass is 216 g/mol. The highest BCUT2D eigenvalue weighted by Crippen LogP contribution is 2.21. The Kier molecular flexibility index (Phi) is 2.52. The number of halogens is 2. The van der Waals surface area contributed by atoms with E-state index in [2.05, 4.69) is 22.5 Å². The summed E-state index contributed by atoms with van der Waals surface area (Å²) in [6.07, 6.45) is 0. The third kappa shape index (κ3) is 1.86. The lowest BCUT2D eigenvalue weighted by atomic mass is 10.2. The molecule has 2 heteroatoms. The van der Waals surface area contributed by atoms with Gasteiger partial charge in [0.15, 0.2) is 0 Å². The van der Waals surface area contributed by atoms with Gasteiger partial charge in [-0.2, -0.15) is 0 Å². The van der Waals surface area contributed by atoms with Crippen LogP contribution >= 0.6 is 27.5 Å². The fourth-order valence-electron chi connectivity index (χ4n) is 0.657. The molecule has 0 aliphatic rings. The highest BCUT2D eigenvalue weighted by atomic mass is 79.9. The molecule has 0 radical (unpaired) electrons. The Bertz CT molecular complexity index is 255. The molecule has 10 heavy (non-hydrogen) atoms.